The molecule has 5 nitrogen and oxygen atoms in total. The van der Waals surface area contributed by atoms with Gasteiger partial charge in [0.1, 0.15) is 0 Å². The highest BCUT2D eigenvalue weighted by molar-refractivity contribution is 7.92. The third-order valence-corrected chi connectivity index (χ3v) is 5.64. The fourth-order valence-electron chi connectivity index (χ4n) is 2.52. The Balaban J connectivity index is 2.35. The van der Waals surface area contributed by atoms with E-state index in [0.717, 1.165) is 5.56 Å². The lowest BCUT2D eigenvalue weighted by Crippen LogP contribution is -2.28. The molecule has 2 aromatic rings. The summed E-state index contributed by atoms with van der Waals surface area (Å²) in [5, 5.41) is 0.483. The molecule has 2 rings (SSSR count). The Hall–Kier alpha value is -2.05. The van der Waals surface area contributed by atoms with Gasteiger partial charge in [-0.2, -0.15) is 0 Å². The van der Waals surface area contributed by atoms with E-state index in [1.807, 2.05) is 13.0 Å². The van der Waals surface area contributed by atoms with Gasteiger partial charge in [0.2, 0.25) is 5.91 Å². The third-order valence-electron chi connectivity index (χ3n) is 3.88. The first-order valence-electron chi connectivity index (χ1n) is 7.87. The van der Waals surface area contributed by atoms with Crippen LogP contribution in [-0.4, -0.2) is 25.8 Å². The van der Waals surface area contributed by atoms with E-state index in [0.29, 0.717) is 29.4 Å². The summed E-state index contributed by atoms with van der Waals surface area (Å²) in [7, 11) is -3.76. The first-order valence-corrected chi connectivity index (χ1v) is 9.73. The topological polar surface area (TPSA) is 66.5 Å². The first-order chi connectivity index (χ1) is 11.7. The Morgan fingerprint density at radius 2 is 1.88 bits per heavy atom. The number of carbonyl (C=O) groups excluding carboxylic acids is 1. The number of aryl methyl sites for hydroxylation is 1. The van der Waals surface area contributed by atoms with Gasteiger partial charge in [-0.05, 0) is 49.2 Å². The van der Waals surface area contributed by atoms with Crippen LogP contribution in [0.2, 0.25) is 5.02 Å². The van der Waals surface area contributed by atoms with Gasteiger partial charge in [0.05, 0.1) is 10.6 Å². The van der Waals surface area contributed by atoms with E-state index in [1.165, 1.54) is 13.0 Å². The van der Waals surface area contributed by atoms with Crippen molar-refractivity contribution in [2.24, 2.45) is 0 Å². The molecule has 0 atom stereocenters. The van der Waals surface area contributed by atoms with Crippen molar-refractivity contribution in [3.05, 3.63) is 58.6 Å². The molecule has 25 heavy (non-hydrogen) atoms. The molecule has 0 aliphatic rings. The van der Waals surface area contributed by atoms with Crippen LogP contribution in [0.25, 0.3) is 0 Å². The average Bonchev–Trinajstić information content (AvgIpc) is 2.52. The maximum absolute atomic E-state index is 12.7. The van der Waals surface area contributed by atoms with Crippen LogP contribution in [0.1, 0.15) is 25.0 Å². The Labute approximate surface area is 153 Å². The number of sulfonamides is 1. The number of benzene rings is 2. The molecule has 0 aliphatic heterocycles. The molecule has 1 amide bonds. The van der Waals surface area contributed by atoms with Crippen LogP contribution >= 0.6 is 11.6 Å². The van der Waals surface area contributed by atoms with E-state index >= 15 is 0 Å². The van der Waals surface area contributed by atoms with Crippen molar-refractivity contribution in [3.8, 4) is 0 Å². The number of rotatable bonds is 6. The maximum Gasteiger partial charge on any atom is 0.262 e. The Morgan fingerprint density at radius 3 is 2.48 bits per heavy atom. The Bertz CT molecular complexity index is 882. The lowest BCUT2D eigenvalue weighted by atomic mass is 10.1. The highest BCUT2D eigenvalue weighted by Crippen LogP contribution is 2.25. The quantitative estimate of drug-likeness (QED) is 0.828. The minimum absolute atomic E-state index is 0.0614. The molecule has 0 aromatic heterocycles. The smallest absolute Gasteiger partial charge is 0.262 e. The number of hydrogen-bond donors (Lipinski definition) is 1. The van der Waals surface area contributed by atoms with E-state index in [2.05, 4.69) is 4.72 Å². The molecule has 2 aromatic carbocycles. The SMILES string of the molecule is CCN(Cc1ccccc1NS(=O)(=O)c1ccc(Cl)cc1C)C(C)=O. The van der Waals surface area contributed by atoms with Gasteiger partial charge in [0.15, 0.2) is 0 Å². The van der Waals surface area contributed by atoms with Crippen LogP contribution in [0.3, 0.4) is 0 Å². The summed E-state index contributed by atoms with van der Waals surface area (Å²) in [5.74, 6) is -0.0614. The first kappa shape index (κ1) is 19.3. The van der Waals surface area contributed by atoms with Crippen molar-refractivity contribution < 1.29 is 13.2 Å². The minimum Gasteiger partial charge on any atom is -0.339 e. The fourth-order valence-corrected chi connectivity index (χ4v) is 4.08. The molecular formula is C18H21ClN2O3S. The molecule has 0 fully saturated rings. The Morgan fingerprint density at radius 1 is 1.20 bits per heavy atom. The number of anilines is 1. The van der Waals surface area contributed by atoms with Crippen LogP contribution in [0.4, 0.5) is 5.69 Å². The molecule has 0 radical (unpaired) electrons. The largest absolute Gasteiger partial charge is 0.339 e. The molecular weight excluding hydrogens is 360 g/mol. The second kappa shape index (κ2) is 7.89. The van der Waals surface area contributed by atoms with Crippen molar-refractivity contribution in [2.45, 2.75) is 32.2 Å². The number of halogens is 1. The van der Waals surface area contributed by atoms with Gasteiger partial charge in [-0.1, -0.05) is 29.8 Å². The Kier molecular flexibility index (Phi) is 6.08. The van der Waals surface area contributed by atoms with Crippen molar-refractivity contribution >= 4 is 33.2 Å². The minimum atomic E-state index is -3.76. The van der Waals surface area contributed by atoms with Gasteiger partial charge in [-0.3, -0.25) is 9.52 Å². The standard InChI is InChI=1S/C18H21ClN2O3S/c1-4-21(14(3)22)12-15-7-5-6-8-17(15)20-25(23,24)18-10-9-16(19)11-13(18)2/h5-11,20H,4,12H2,1-3H3. The van der Waals surface area contributed by atoms with Crippen LogP contribution < -0.4 is 4.72 Å². The van der Waals surface area contributed by atoms with Gasteiger partial charge in [-0.25, -0.2) is 8.42 Å². The van der Waals surface area contributed by atoms with Gasteiger partial charge in [0.25, 0.3) is 10.0 Å². The normalized spacial score (nSPS) is 11.2. The molecule has 0 saturated carbocycles. The number of carbonyl (C=O) groups is 1. The van der Waals surface area contributed by atoms with E-state index in [4.69, 9.17) is 11.6 Å². The second-order valence-corrected chi connectivity index (χ2v) is 7.79. The fraction of sp³-hybridized carbons (Fsp3) is 0.278. The van der Waals surface area contributed by atoms with Gasteiger partial charge >= 0.3 is 0 Å². The molecule has 0 saturated heterocycles. The van der Waals surface area contributed by atoms with Crippen LogP contribution in [0, 0.1) is 6.92 Å². The molecule has 1 N–H and O–H groups in total. The van der Waals surface area contributed by atoms with Crippen molar-refractivity contribution in [1.82, 2.24) is 4.90 Å². The summed E-state index contributed by atoms with van der Waals surface area (Å²) in [6.07, 6.45) is 0. The van der Waals surface area contributed by atoms with Crippen molar-refractivity contribution in [2.75, 3.05) is 11.3 Å². The van der Waals surface area contributed by atoms with Gasteiger partial charge in [-0.15, -0.1) is 0 Å². The zero-order chi connectivity index (χ0) is 18.6. The second-order valence-electron chi connectivity index (χ2n) is 5.71. The molecule has 0 heterocycles. The summed E-state index contributed by atoms with van der Waals surface area (Å²) < 4.78 is 28.1. The zero-order valence-corrected chi connectivity index (χ0v) is 16.0. The predicted octanol–water partition coefficient (Wildman–Crippen LogP) is 3.82. The van der Waals surface area contributed by atoms with Crippen molar-refractivity contribution in [3.63, 3.8) is 0 Å². The monoisotopic (exact) mass is 380 g/mol. The summed E-state index contributed by atoms with van der Waals surface area (Å²) in [5.41, 5.74) is 1.75. The van der Waals surface area contributed by atoms with Gasteiger partial charge in [0, 0.05) is 25.0 Å². The average molecular weight is 381 g/mol. The summed E-state index contributed by atoms with van der Waals surface area (Å²) >= 11 is 5.90. The van der Waals surface area contributed by atoms with E-state index < -0.39 is 10.0 Å². The number of nitrogens with one attached hydrogen (secondary N) is 1. The van der Waals surface area contributed by atoms with E-state index in [1.54, 1.807) is 42.2 Å². The molecule has 0 aliphatic carbocycles. The number of amides is 1. The molecule has 7 heteroatoms. The third kappa shape index (κ3) is 4.74. The predicted molar refractivity (Wildman–Crippen MR) is 100 cm³/mol. The molecule has 0 bridgehead atoms. The lowest BCUT2D eigenvalue weighted by Gasteiger charge is -2.21. The van der Waals surface area contributed by atoms with Crippen LogP contribution in [0.5, 0.6) is 0 Å². The summed E-state index contributed by atoms with van der Waals surface area (Å²) in [4.78, 5) is 13.5. The van der Waals surface area contributed by atoms with E-state index in [9.17, 15) is 13.2 Å². The zero-order valence-electron chi connectivity index (χ0n) is 14.4. The molecule has 134 valence electrons. The number of nitrogens with zero attached hydrogens (tertiary/aromatic N) is 1. The van der Waals surface area contributed by atoms with Crippen LogP contribution in [-0.2, 0) is 21.4 Å². The number of para-hydroxylation sites is 1. The highest BCUT2D eigenvalue weighted by Gasteiger charge is 2.19. The van der Waals surface area contributed by atoms with Crippen LogP contribution in [0.15, 0.2) is 47.4 Å². The molecule has 0 spiro atoms. The van der Waals surface area contributed by atoms with E-state index in [-0.39, 0.29) is 10.8 Å². The summed E-state index contributed by atoms with van der Waals surface area (Å²) in [6.45, 7) is 5.95. The van der Waals surface area contributed by atoms with Gasteiger partial charge < -0.3 is 4.90 Å². The maximum atomic E-state index is 12.7. The van der Waals surface area contributed by atoms with Crippen molar-refractivity contribution in [1.29, 1.82) is 0 Å². The lowest BCUT2D eigenvalue weighted by molar-refractivity contribution is -0.129. The summed E-state index contributed by atoms with van der Waals surface area (Å²) in [6, 6.07) is 11.7. The highest BCUT2D eigenvalue weighted by atomic mass is 35.5. The number of hydrogen-bond acceptors (Lipinski definition) is 3. The molecule has 0 unspecified atom stereocenters.